The Kier molecular flexibility index (Phi) is 4.04. The SMILES string of the molecule is NCCCNCC(=O)NC1CC1. The van der Waals surface area contributed by atoms with E-state index in [-0.39, 0.29) is 5.91 Å². The van der Waals surface area contributed by atoms with Gasteiger partial charge in [0, 0.05) is 6.04 Å². The molecule has 1 aliphatic rings. The van der Waals surface area contributed by atoms with Crippen LogP contribution in [0.1, 0.15) is 19.3 Å². The smallest absolute Gasteiger partial charge is 0.234 e. The molecule has 0 heterocycles. The maximum absolute atomic E-state index is 11.1. The molecule has 0 aromatic rings. The molecule has 4 nitrogen and oxygen atoms in total. The summed E-state index contributed by atoms with van der Waals surface area (Å²) < 4.78 is 0. The zero-order valence-electron chi connectivity index (χ0n) is 7.31. The van der Waals surface area contributed by atoms with Gasteiger partial charge in [0.25, 0.3) is 0 Å². The quantitative estimate of drug-likeness (QED) is 0.458. The van der Waals surface area contributed by atoms with Crippen molar-refractivity contribution in [1.82, 2.24) is 10.6 Å². The molecule has 1 rings (SSSR count). The van der Waals surface area contributed by atoms with Crippen LogP contribution in [0.15, 0.2) is 0 Å². The van der Waals surface area contributed by atoms with Gasteiger partial charge in [-0.05, 0) is 32.4 Å². The highest BCUT2D eigenvalue weighted by Gasteiger charge is 2.22. The summed E-state index contributed by atoms with van der Waals surface area (Å²) in [6.07, 6.45) is 3.22. The lowest BCUT2D eigenvalue weighted by molar-refractivity contribution is -0.120. The summed E-state index contributed by atoms with van der Waals surface area (Å²) in [5, 5.41) is 5.93. The Morgan fingerprint density at radius 3 is 2.83 bits per heavy atom. The number of rotatable bonds is 6. The number of hydrogen-bond donors (Lipinski definition) is 3. The van der Waals surface area contributed by atoms with Crippen LogP contribution in [-0.2, 0) is 4.79 Å². The van der Waals surface area contributed by atoms with Crippen LogP contribution in [0.2, 0.25) is 0 Å². The Morgan fingerprint density at radius 1 is 1.50 bits per heavy atom. The van der Waals surface area contributed by atoms with E-state index in [0.29, 0.717) is 19.1 Å². The van der Waals surface area contributed by atoms with Crippen LogP contribution in [0.5, 0.6) is 0 Å². The molecular formula is C8H17N3O. The average Bonchev–Trinajstić information content (AvgIpc) is 2.82. The molecule has 0 aliphatic heterocycles. The van der Waals surface area contributed by atoms with Crippen molar-refractivity contribution < 1.29 is 4.79 Å². The van der Waals surface area contributed by atoms with Crippen LogP contribution in [0.3, 0.4) is 0 Å². The highest BCUT2D eigenvalue weighted by Crippen LogP contribution is 2.17. The summed E-state index contributed by atoms with van der Waals surface area (Å²) in [6.45, 7) is 1.93. The lowest BCUT2D eigenvalue weighted by atomic mass is 10.4. The maximum atomic E-state index is 11.1. The van der Waals surface area contributed by atoms with Crippen molar-refractivity contribution in [3.05, 3.63) is 0 Å². The van der Waals surface area contributed by atoms with E-state index >= 15 is 0 Å². The number of amides is 1. The molecule has 0 aromatic carbocycles. The van der Waals surface area contributed by atoms with Gasteiger partial charge in [0.15, 0.2) is 0 Å². The van der Waals surface area contributed by atoms with Crippen LogP contribution in [0.4, 0.5) is 0 Å². The molecular weight excluding hydrogens is 154 g/mol. The number of nitrogens with two attached hydrogens (primary N) is 1. The van der Waals surface area contributed by atoms with Gasteiger partial charge in [-0.2, -0.15) is 0 Å². The van der Waals surface area contributed by atoms with Crippen molar-refractivity contribution >= 4 is 5.91 Å². The zero-order chi connectivity index (χ0) is 8.81. The van der Waals surface area contributed by atoms with E-state index in [1.54, 1.807) is 0 Å². The minimum absolute atomic E-state index is 0.106. The van der Waals surface area contributed by atoms with Crippen molar-refractivity contribution in [2.75, 3.05) is 19.6 Å². The molecule has 70 valence electrons. The molecule has 12 heavy (non-hydrogen) atoms. The Bertz CT molecular complexity index is 145. The summed E-state index contributed by atoms with van der Waals surface area (Å²) in [4.78, 5) is 11.1. The van der Waals surface area contributed by atoms with E-state index in [2.05, 4.69) is 10.6 Å². The van der Waals surface area contributed by atoms with Crippen molar-refractivity contribution in [3.63, 3.8) is 0 Å². The second-order valence-corrected chi connectivity index (χ2v) is 3.16. The molecule has 0 spiro atoms. The van der Waals surface area contributed by atoms with Gasteiger partial charge in [-0.3, -0.25) is 4.79 Å². The summed E-state index contributed by atoms with van der Waals surface area (Å²) >= 11 is 0. The first-order valence-electron chi connectivity index (χ1n) is 4.53. The topological polar surface area (TPSA) is 67.1 Å². The van der Waals surface area contributed by atoms with E-state index in [4.69, 9.17) is 5.73 Å². The van der Waals surface area contributed by atoms with E-state index in [1.807, 2.05) is 0 Å². The maximum Gasteiger partial charge on any atom is 0.234 e. The fourth-order valence-electron chi connectivity index (χ4n) is 0.935. The predicted molar refractivity (Wildman–Crippen MR) is 47.7 cm³/mol. The fourth-order valence-corrected chi connectivity index (χ4v) is 0.935. The minimum atomic E-state index is 0.106. The first kappa shape index (κ1) is 9.48. The van der Waals surface area contributed by atoms with Gasteiger partial charge in [0.05, 0.1) is 6.54 Å². The van der Waals surface area contributed by atoms with Gasteiger partial charge in [-0.15, -0.1) is 0 Å². The summed E-state index contributed by atoms with van der Waals surface area (Å²) in [7, 11) is 0. The molecule has 0 aromatic heterocycles. The highest BCUT2D eigenvalue weighted by molar-refractivity contribution is 5.78. The van der Waals surface area contributed by atoms with E-state index in [1.165, 1.54) is 0 Å². The second kappa shape index (κ2) is 5.11. The van der Waals surface area contributed by atoms with Gasteiger partial charge in [0.2, 0.25) is 5.91 Å². The van der Waals surface area contributed by atoms with Crippen LogP contribution < -0.4 is 16.4 Å². The number of carbonyl (C=O) groups excluding carboxylic acids is 1. The molecule has 0 radical (unpaired) electrons. The van der Waals surface area contributed by atoms with Crippen LogP contribution in [0, 0.1) is 0 Å². The molecule has 0 saturated heterocycles. The summed E-state index contributed by atoms with van der Waals surface area (Å²) in [5.74, 6) is 0.106. The third-order valence-corrected chi connectivity index (χ3v) is 1.79. The molecule has 0 atom stereocenters. The molecule has 1 fully saturated rings. The molecule has 0 unspecified atom stereocenters. The molecule has 0 bridgehead atoms. The van der Waals surface area contributed by atoms with Crippen molar-refractivity contribution in [2.45, 2.75) is 25.3 Å². The Balaban J connectivity index is 1.87. The second-order valence-electron chi connectivity index (χ2n) is 3.16. The zero-order valence-corrected chi connectivity index (χ0v) is 7.31. The van der Waals surface area contributed by atoms with Gasteiger partial charge in [-0.25, -0.2) is 0 Å². The van der Waals surface area contributed by atoms with Crippen LogP contribution >= 0.6 is 0 Å². The number of hydrogen-bond acceptors (Lipinski definition) is 3. The standard InChI is InChI=1S/C8H17N3O/c9-4-1-5-10-6-8(12)11-7-2-3-7/h7,10H,1-6,9H2,(H,11,12). The average molecular weight is 171 g/mol. The number of nitrogens with one attached hydrogen (secondary N) is 2. The largest absolute Gasteiger partial charge is 0.352 e. The lowest BCUT2D eigenvalue weighted by Gasteiger charge is -2.03. The molecule has 4 heteroatoms. The summed E-state index contributed by atoms with van der Waals surface area (Å²) in [5.41, 5.74) is 5.30. The summed E-state index contributed by atoms with van der Waals surface area (Å²) in [6, 6.07) is 0.466. The van der Waals surface area contributed by atoms with Crippen molar-refractivity contribution in [2.24, 2.45) is 5.73 Å². The van der Waals surface area contributed by atoms with Gasteiger partial charge >= 0.3 is 0 Å². The molecule has 1 amide bonds. The Morgan fingerprint density at radius 2 is 2.25 bits per heavy atom. The highest BCUT2D eigenvalue weighted by atomic mass is 16.2. The Labute approximate surface area is 72.9 Å². The first-order chi connectivity index (χ1) is 5.83. The van der Waals surface area contributed by atoms with Crippen LogP contribution in [0.25, 0.3) is 0 Å². The van der Waals surface area contributed by atoms with E-state index in [0.717, 1.165) is 25.8 Å². The van der Waals surface area contributed by atoms with Crippen LogP contribution in [-0.4, -0.2) is 31.6 Å². The van der Waals surface area contributed by atoms with Gasteiger partial charge in [0.1, 0.15) is 0 Å². The van der Waals surface area contributed by atoms with E-state index < -0.39 is 0 Å². The normalized spacial score (nSPS) is 16.1. The minimum Gasteiger partial charge on any atom is -0.352 e. The molecule has 1 saturated carbocycles. The monoisotopic (exact) mass is 171 g/mol. The number of carbonyl (C=O) groups is 1. The third kappa shape index (κ3) is 4.31. The van der Waals surface area contributed by atoms with Crippen molar-refractivity contribution in [3.8, 4) is 0 Å². The molecule has 4 N–H and O–H groups in total. The Hall–Kier alpha value is -0.610. The van der Waals surface area contributed by atoms with Crippen molar-refractivity contribution in [1.29, 1.82) is 0 Å². The first-order valence-corrected chi connectivity index (χ1v) is 4.53. The van der Waals surface area contributed by atoms with Gasteiger partial charge < -0.3 is 16.4 Å². The fraction of sp³-hybridized carbons (Fsp3) is 0.875. The molecule has 1 aliphatic carbocycles. The van der Waals surface area contributed by atoms with Gasteiger partial charge in [-0.1, -0.05) is 0 Å². The predicted octanol–water partition coefficient (Wildman–Crippen LogP) is -0.797. The lowest BCUT2D eigenvalue weighted by Crippen LogP contribution is -2.35. The third-order valence-electron chi connectivity index (χ3n) is 1.79. The van der Waals surface area contributed by atoms with E-state index in [9.17, 15) is 4.79 Å².